The molecule has 0 saturated carbocycles. The average molecular weight is 392 g/mol. The molecule has 0 saturated heterocycles. The summed E-state index contributed by atoms with van der Waals surface area (Å²) in [6.45, 7) is 3.82. The molecule has 0 radical (unpaired) electrons. The van der Waals surface area contributed by atoms with Crippen LogP contribution in [0, 0.1) is 13.8 Å². The predicted octanol–water partition coefficient (Wildman–Crippen LogP) is 2.57. The van der Waals surface area contributed by atoms with E-state index in [9.17, 15) is 14.4 Å². The Bertz CT molecular complexity index is 1120. The van der Waals surface area contributed by atoms with E-state index in [0.717, 1.165) is 16.8 Å². The zero-order valence-electron chi connectivity index (χ0n) is 16.8. The molecule has 1 heterocycles. The van der Waals surface area contributed by atoms with Gasteiger partial charge < -0.3 is 15.2 Å². The van der Waals surface area contributed by atoms with E-state index in [1.807, 2.05) is 38.1 Å². The highest BCUT2D eigenvalue weighted by atomic mass is 16.2. The molecule has 0 aliphatic carbocycles. The Balaban J connectivity index is 1.57. The summed E-state index contributed by atoms with van der Waals surface area (Å²) in [5.74, 6) is -0.000930. The van der Waals surface area contributed by atoms with Gasteiger partial charge in [-0.05, 0) is 43.2 Å². The molecule has 2 N–H and O–H groups in total. The first kappa shape index (κ1) is 20.3. The van der Waals surface area contributed by atoms with Gasteiger partial charge in [0, 0.05) is 25.6 Å². The molecule has 7 nitrogen and oxygen atoms in total. The van der Waals surface area contributed by atoms with E-state index < -0.39 is 0 Å². The number of aryl methyl sites for hydroxylation is 3. The number of nitrogens with one attached hydrogen (secondary N) is 2. The molecule has 1 aromatic heterocycles. The molecule has 0 bridgehead atoms. The summed E-state index contributed by atoms with van der Waals surface area (Å²) in [7, 11) is 1.58. The zero-order valence-corrected chi connectivity index (χ0v) is 16.8. The second-order valence-corrected chi connectivity index (χ2v) is 7.15. The molecule has 0 aliphatic heterocycles. The Hall–Kier alpha value is -3.48. The van der Waals surface area contributed by atoms with E-state index >= 15 is 0 Å². The third kappa shape index (κ3) is 5.07. The van der Waals surface area contributed by atoms with Crippen molar-refractivity contribution in [3.63, 3.8) is 0 Å². The molecule has 0 fully saturated rings. The van der Waals surface area contributed by atoms with Crippen LogP contribution in [-0.4, -0.2) is 40.3 Å². The highest BCUT2D eigenvalue weighted by Gasteiger charge is 2.15. The summed E-state index contributed by atoms with van der Waals surface area (Å²) in [5.41, 5.74) is 3.13. The molecule has 29 heavy (non-hydrogen) atoms. The number of carbonyl (C=O) groups excluding carboxylic acids is 2. The van der Waals surface area contributed by atoms with Gasteiger partial charge in [0.15, 0.2) is 0 Å². The van der Waals surface area contributed by atoms with Crippen LogP contribution in [0.5, 0.6) is 0 Å². The number of rotatable bonds is 6. The van der Waals surface area contributed by atoms with E-state index in [1.54, 1.807) is 25.2 Å². The van der Waals surface area contributed by atoms with Crippen molar-refractivity contribution >= 4 is 28.4 Å². The number of likely N-dealkylation sites (N-methyl/N-ethyl adjacent to an activating group) is 1. The Morgan fingerprint density at radius 3 is 2.69 bits per heavy atom. The molecule has 3 rings (SSSR count). The van der Waals surface area contributed by atoms with Gasteiger partial charge in [-0.25, -0.2) is 4.98 Å². The van der Waals surface area contributed by atoms with Crippen LogP contribution < -0.4 is 10.9 Å². The Kier molecular flexibility index (Phi) is 6.07. The number of hydrogen-bond acceptors (Lipinski definition) is 4. The van der Waals surface area contributed by atoms with Crippen molar-refractivity contribution in [3.8, 4) is 0 Å². The maximum Gasteiger partial charge on any atom is 0.258 e. The summed E-state index contributed by atoms with van der Waals surface area (Å²) in [6, 6.07) is 12.9. The molecule has 0 unspecified atom stereocenters. The predicted molar refractivity (Wildman–Crippen MR) is 113 cm³/mol. The molecule has 150 valence electrons. The molecular formula is C22H24N4O3. The first-order valence-corrected chi connectivity index (χ1v) is 9.42. The molecule has 2 aromatic carbocycles. The van der Waals surface area contributed by atoms with Crippen LogP contribution in [0.1, 0.15) is 23.4 Å². The van der Waals surface area contributed by atoms with Crippen molar-refractivity contribution < 1.29 is 9.59 Å². The molecule has 3 aromatic rings. The Morgan fingerprint density at radius 2 is 1.90 bits per heavy atom. The third-order valence-corrected chi connectivity index (χ3v) is 4.71. The van der Waals surface area contributed by atoms with Crippen LogP contribution in [0.15, 0.2) is 47.3 Å². The molecular weight excluding hydrogens is 368 g/mol. The number of benzene rings is 2. The van der Waals surface area contributed by atoms with Crippen LogP contribution >= 0.6 is 0 Å². The number of para-hydroxylation sites is 1. The first-order valence-electron chi connectivity index (χ1n) is 9.42. The lowest BCUT2D eigenvalue weighted by Crippen LogP contribution is -2.35. The van der Waals surface area contributed by atoms with E-state index in [-0.39, 0.29) is 30.3 Å². The fourth-order valence-electron chi connectivity index (χ4n) is 3.03. The number of carbonyl (C=O) groups is 2. The summed E-state index contributed by atoms with van der Waals surface area (Å²) in [4.78, 5) is 45.3. The van der Waals surface area contributed by atoms with E-state index in [2.05, 4.69) is 15.3 Å². The topological polar surface area (TPSA) is 95.2 Å². The van der Waals surface area contributed by atoms with E-state index in [0.29, 0.717) is 23.1 Å². The van der Waals surface area contributed by atoms with Gasteiger partial charge in [0.05, 0.1) is 17.4 Å². The van der Waals surface area contributed by atoms with Crippen LogP contribution in [0.3, 0.4) is 0 Å². The number of amides is 2. The van der Waals surface area contributed by atoms with Gasteiger partial charge in [0.25, 0.3) is 5.56 Å². The Labute approximate surface area is 168 Å². The quantitative estimate of drug-likeness (QED) is 0.674. The summed E-state index contributed by atoms with van der Waals surface area (Å²) >= 11 is 0. The fourth-order valence-corrected chi connectivity index (χ4v) is 3.03. The first-order chi connectivity index (χ1) is 13.8. The number of hydrogen-bond donors (Lipinski definition) is 2. The highest BCUT2D eigenvalue weighted by Crippen LogP contribution is 2.16. The molecule has 0 spiro atoms. The van der Waals surface area contributed by atoms with E-state index in [4.69, 9.17) is 0 Å². The summed E-state index contributed by atoms with van der Waals surface area (Å²) in [6.07, 6.45) is 0.441. The minimum absolute atomic E-state index is 0.0477. The average Bonchev–Trinajstić information content (AvgIpc) is 2.69. The van der Waals surface area contributed by atoms with Gasteiger partial charge in [0.1, 0.15) is 5.82 Å². The number of nitrogens with zero attached hydrogens (tertiary/aromatic N) is 2. The lowest BCUT2D eigenvalue weighted by atomic mass is 10.1. The SMILES string of the molecule is Cc1ccc(C)c(NC(=O)CN(C)C(=O)CCc2nc3ccccc3c(=O)[nH]2)c1. The lowest BCUT2D eigenvalue weighted by Gasteiger charge is -2.17. The van der Waals surface area contributed by atoms with Gasteiger partial charge in [-0.2, -0.15) is 0 Å². The second-order valence-electron chi connectivity index (χ2n) is 7.15. The number of aromatic amines is 1. The van der Waals surface area contributed by atoms with Crippen LogP contribution in [0.4, 0.5) is 5.69 Å². The smallest absolute Gasteiger partial charge is 0.258 e. The normalized spacial score (nSPS) is 10.7. The lowest BCUT2D eigenvalue weighted by molar-refractivity contribution is -0.133. The fraction of sp³-hybridized carbons (Fsp3) is 0.273. The van der Waals surface area contributed by atoms with Gasteiger partial charge in [-0.3, -0.25) is 14.4 Å². The van der Waals surface area contributed by atoms with Crippen molar-refractivity contribution in [2.75, 3.05) is 18.9 Å². The van der Waals surface area contributed by atoms with Crippen LogP contribution in [0.2, 0.25) is 0 Å². The van der Waals surface area contributed by atoms with Crippen molar-refractivity contribution in [2.24, 2.45) is 0 Å². The molecule has 2 amide bonds. The van der Waals surface area contributed by atoms with Crippen LogP contribution in [-0.2, 0) is 16.0 Å². The summed E-state index contributed by atoms with van der Waals surface area (Å²) in [5, 5.41) is 3.36. The van der Waals surface area contributed by atoms with E-state index in [1.165, 1.54) is 4.90 Å². The summed E-state index contributed by atoms with van der Waals surface area (Å²) < 4.78 is 0. The highest BCUT2D eigenvalue weighted by molar-refractivity contribution is 5.95. The van der Waals surface area contributed by atoms with Gasteiger partial charge >= 0.3 is 0 Å². The van der Waals surface area contributed by atoms with Crippen molar-refractivity contribution in [1.82, 2.24) is 14.9 Å². The van der Waals surface area contributed by atoms with Gasteiger partial charge in [-0.15, -0.1) is 0 Å². The largest absolute Gasteiger partial charge is 0.336 e. The number of fused-ring (bicyclic) bond motifs is 1. The minimum Gasteiger partial charge on any atom is -0.336 e. The molecule has 7 heteroatoms. The molecule has 0 aliphatic rings. The monoisotopic (exact) mass is 392 g/mol. The van der Waals surface area contributed by atoms with Crippen LogP contribution in [0.25, 0.3) is 10.9 Å². The second kappa shape index (κ2) is 8.68. The van der Waals surface area contributed by atoms with Gasteiger partial charge in [0.2, 0.25) is 11.8 Å². The minimum atomic E-state index is -0.258. The van der Waals surface area contributed by atoms with Crippen molar-refractivity contribution in [3.05, 3.63) is 69.8 Å². The molecule has 0 atom stereocenters. The third-order valence-electron chi connectivity index (χ3n) is 4.71. The number of aromatic nitrogens is 2. The maximum absolute atomic E-state index is 12.4. The number of H-pyrrole nitrogens is 1. The number of anilines is 1. The Morgan fingerprint density at radius 1 is 1.14 bits per heavy atom. The standard InChI is InChI=1S/C22H24N4O3/c1-14-8-9-15(2)18(12-14)24-20(27)13-26(3)21(28)11-10-19-23-17-7-5-4-6-16(17)22(29)25-19/h4-9,12H,10-11,13H2,1-3H3,(H,24,27)(H,23,25,29). The zero-order chi connectivity index (χ0) is 21.0. The van der Waals surface area contributed by atoms with Crippen molar-refractivity contribution in [1.29, 1.82) is 0 Å². The van der Waals surface area contributed by atoms with Gasteiger partial charge in [-0.1, -0.05) is 24.3 Å². The maximum atomic E-state index is 12.4. The van der Waals surface area contributed by atoms with Crippen molar-refractivity contribution in [2.45, 2.75) is 26.7 Å².